The minimum Gasteiger partial charge on any atom is -0.393 e. The summed E-state index contributed by atoms with van der Waals surface area (Å²) in [4.78, 5) is 3.66. The zero-order valence-corrected chi connectivity index (χ0v) is 20.5. The first-order valence-electron chi connectivity index (χ1n) is 10.9. The van der Waals surface area contributed by atoms with E-state index in [4.69, 9.17) is 0 Å². The van der Waals surface area contributed by atoms with Gasteiger partial charge in [-0.15, -0.1) is 0 Å². The van der Waals surface area contributed by atoms with Gasteiger partial charge >= 0.3 is 6.18 Å². The fraction of sp³-hybridized carbons (Fsp3) is 0.619. The van der Waals surface area contributed by atoms with Crippen molar-refractivity contribution in [3.05, 3.63) is 29.3 Å². The van der Waals surface area contributed by atoms with Crippen LogP contribution in [0.3, 0.4) is 0 Å². The molecule has 34 heavy (non-hydrogen) atoms. The van der Waals surface area contributed by atoms with Gasteiger partial charge in [-0.25, -0.2) is 18.1 Å². The number of amidine groups is 1. The Kier molecular flexibility index (Phi) is 6.56. The highest BCUT2D eigenvalue weighted by Crippen LogP contribution is 2.43. The van der Waals surface area contributed by atoms with E-state index in [0.29, 0.717) is 41.5 Å². The van der Waals surface area contributed by atoms with Crippen molar-refractivity contribution in [2.45, 2.75) is 87.4 Å². The number of hydrazone groups is 1. The predicted molar refractivity (Wildman–Crippen MR) is 123 cm³/mol. The molecule has 13 heteroatoms. The van der Waals surface area contributed by atoms with Gasteiger partial charge in [-0.1, -0.05) is 6.07 Å². The van der Waals surface area contributed by atoms with E-state index in [1.165, 1.54) is 22.8 Å². The Morgan fingerprint density at radius 1 is 1.18 bits per heavy atom. The predicted octanol–water partition coefficient (Wildman–Crippen LogP) is 3.22. The smallest absolute Gasteiger partial charge is 0.393 e. The van der Waals surface area contributed by atoms with Gasteiger partial charge in [0.1, 0.15) is 16.7 Å². The maximum atomic E-state index is 13.8. The molecule has 0 bridgehead atoms. The zero-order chi connectivity index (χ0) is 25.1. The van der Waals surface area contributed by atoms with Crippen molar-refractivity contribution in [2.24, 2.45) is 10.1 Å². The van der Waals surface area contributed by atoms with Gasteiger partial charge in [-0.2, -0.15) is 18.3 Å². The third-order valence-corrected chi connectivity index (χ3v) is 8.91. The SMILES string of the molecule is CC1N=C2SC(C(C)(C)O)=NN2C1c1ccc(C(F)(F)F)c(S(=O)(=O)NC2CCC(O)CC2)c1. The maximum Gasteiger partial charge on any atom is 0.417 e. The van der Waals surface area contributed by atoms with Crippen LogP contribution in [-0.4, -0.2) is 57.6 Å². The highest BCUT2D eigenvalue weighted by Gasteiger charge is 2.44. The number of benzene rings is 1. The van der Waals surface area contributed by atoms with Crippen LogP contribution < -0.4 is 4.72 Å². The van der Waals surface area contributed by atoms with Crippen molar-refractivity contribution in [3.8, 4) is 0 Å². The number of alkyl halides is 3. The molecule has 1 aromatic rings. The summed E-state index contributed by atoms with van der Waals surface area (Å²) in [6, 6.07) is 1.51. The van der Waals surface area contributed by atoms with Crippen molar-refractivity contribution in [3.63, 3.8) is 0 Å². The van der Waals surface area contributed by atoms with Crippen LogP contribution >= 0.6 is 11.8 Å². The Hall–Kier alpha value is -1.67. The van der Waals surface area contributed by atoms with Gasteiger partial charge in [0.2, 0.25) is 10.0 Å². The van der Waals surface area contributed by atoms with Gasteiger partial charge in [0, 0.05) is 6.04 Å². The van der Waals surface area contributed by atoms with Crippen LogP contribution in [0.25, 0.3) is 0 Å². The maximum absolute atomic E-state index is 13.8. The van der Waals surface area contributed by atoms with E-state index in [-0.39, 0.29) is 0 Å². The summed E-state index contributed by atoms with van der Waals surface area (Å²) in [5.41, 5.74) is -2.15. The summed E-state index contributed by atoms with van der Waals surface area (Å²) in [6.07, 6.45) is -3.94. The monoisotopic (exact) mass is 520 g/mol. The molecular weight excluding hydrogens is 493 g/mol. The molecule has 3 aliphatic rings. The van der Waals surface area contributed by atoms with Crippen LogP contribution in [0, 0.1) is 0 Å². The van der Waals surface area contributed by atoms with Crippen LogP contribution in [0.5, 0.6) is 0 Å². The molecule has 0 aromatic heterocycles. The second-order valence-electron chi connectivity index (χ2n) is 9.39. The van der Waals surface area contributed by atoms with Crippen molar-refractivity contribution >= 4 is 32.0 Å². The molecule has 2 atom stereocenters. The average molecular weight is 521 g/mol. The molecule has 2 unspecified atom stereocenters. The highest BCUT2D eigenvalue weighted by atomic mass is 32.2. The fourth-order valence-corrected chi connectivity index (χ4v) is 6.92. The van der Waals surface area contributed by atoms with E-state index in [2.05, 4.69) is 14.8 Å². The first kappa shape index (κ1) is 25.4. The molecule has 0 radical (unpaired) electrons. The number of rotatable bonds is 5. The van der Waals surface area contributed by atoms with Gasteiger partial charge in [0.25, 0.3) is 0 Å². The number of aliphatic imine (C=N–C) groups is 1. The number of aliphatic hydroxyl groups excluding tert-OH is 1. The molecule has 4 rings (SSSR count). The zero-order valence-electron chi connectivity index (χ0n) is 18.9. The summed E-state index contributed by atoms with van der Waals surface area (Å²) >= 11 is 1.18. The summed E-state index contributed by atoms with van der Waals surface area (Å²) in [5, 5.41) is 26.8. The second-order valence-corrected chi connectivity index (χ2v) is 12.0. The number of nitrogens with one attached hydrogen (secondary N) is 1. The van der Waals surface area contributed by atoms with Crippen LogP contribution in [0.15, 0.2) is 33.2 Å². The van der Waals surface area contributed by atoms with Gasteiger partial charge in [0.05, 0.1) is 22.6 Å². The van der Waals surface area contributed by atoms with Crippen LogP contribution in [0.4, 0.5) is 13.2 Å². The fourth-order valence-electron chi connectivity index (χ4n) is 4.33. The topological polar surface area (TPSA) is 115 Å². The molecule has 0 spiro atoms. The number of sulfonamides is 1. The van der Waals surface area contributed by atoms with E-state index >= 15 is 0 Å². The summed E-state index contributed by atoms with van der Waals surface area (Å²) in [6.45, 7) is 4.91. The molecule has 1 fully saturated rings. The molecule has 0 amide bonds. The second kappa shape index (κ2) is 8.77. The Morgan fingerprint density at radius 2 is 1.82 bits per heavy atom. The number of hydrogen-bond donors (Lipinski definition) is 3. The third-order valence-electron chi connectivity index (χ3n) is 6.10. The molecule has 3 N–H and O–H groups in total. The van der Waals surface area contributed by atoms with E-state index < -0.39 is 56.5 Å². The minimum atomic E-state index is -4.87. The average Bonchev–Trinajstić information content (AvgIpc) is 3.25. The molecule has 8 nitrogen and oxygen atoms in total. The number of thioether (sulfide) groups is 1. The van der Waals surface area contributed by atoms with Gasteiger partial charge in [-0.05, 0) is 75.9 Å². The van der Waals surface area contributed by atoms with Crippen molar-refractivity contribution in [1.29, 1.82) is 0 Å². The van der Waals surface area contributed by atoms with Crippen molar-refractivity contribution in [1.82, 2.24) is 9.73 Å². The number of hydrogen-bond acceptors (Lipinski definition) is 8. The van der Waals surface area contributed by atoms with Gasteiger partial charge in [0.15, 0.2) is 5.17 Å². The van der Waals surface area contributed by atoms with Gasteiger partial charge < -0.3 is 10.2 Å². The molecule has 1 aliphatic carbocycles. The van der Waals surface area contributed by atoms with Crippen LogP contribution in [0.2, 0.25) is 0 Å². The molecule has 1 saturated carbocycles. The molecular formula is C21H27F3N4O4S2. The number of aliphatic hydroxyl groups is 2. The Labute approximate surface area is 200 Å². The molecule has 0 saturated heterocycles. The number of halogens is 3. The summed E-state index contributed by atoms with van der Waals surface area (Å²) in [5.74, 6) is 0. The van der Waals surface area contributed by atoms with Crippen molar-refractivity contribution < 1.29 is 31.8 Å². The Bertz CT molecular complexity index is 1120. The van der Waals surface area contributed by atoms with E-state index in [9.17, 15) is 31.8 Å². The standard InChI is InChI=1S/C21H27F3N4O4S2/c1-11-17(28-19(25-11)33-18(26-28)20(2,3)30)12-4-9-15(21(22,23)24)16(10-12)34(31,32)27-13-5-7-14(29)8-6-13/h4,9-11,13-14,17,27,29-30H,5-8H2,1-3H3. The van der Waals surface area contributed by atoms with E-state index in [1.54, 1.807) is 20.8 Å². The lowest BCUT2D eigenvalue weighted by atomic mass is 9.94. The number of fused-ring (bicyclic) bond motifs is 1. The summed E-state index contributed by atoms with van der Waals surface area (Å²) in [7, 11) is -4.51. The quantitative estimate of drug-likeness (QED) is 0.549. The first-order valence-corrected chi connectivity index (χ1v) is 13.2. The molecule has 1 aromatic carbocycles. The van der Waals surface area contributed by atoms with Crippen LogP contribution in [-0.2, 0) is 16.2 Å². The normalized spacial score (nSPS) is 28.1. The minimum absolute atomic E-state index is 0.319. The lowest BCUT2D eigenvalue weighted by molar-refractivity contribution is -0.139. The van der Waals surface area contributed by atoms with E-state index in [1.807, 2.05) is 0 Å². The lowest BCUT2D eigenvalue weighted by Crippen LogP contribution is -2.39. The Balaban J connectivity index is 1.71. The molecule has 2 heterocycles. The molecule has 2 aliphatic heterocycles. The highest BCUT2D eigenvalue weighted by molar-refractivity contribution is 8.27. The largest absolute Gasteiger partial charge is 0.417 e. The Morgan fingerprint density at radius 3 is 2.41 bits per heavy atom. The van der Waals surface area contributed by atoms with E-state index in [0.717, 1.165) is 12.1 Å². The van der Waals surface area contributed by atoms with Gasteiger partial charge in [-0.3, -0.25) is 4.99 Å². The van der Waals surface area contributed by atoms with Crippen molar-refractivity contribution in [2.75, 3.05) is 0 Å². The third kappa shape index (κ3) is 4.99. The first-order chi connectivity index (χ1) is 15.7. The molecule has 188 valence electrons. The summed E-state index contributed by atoms with van der Waals surface area (Å²) < 4.78 is 70.0. The van der Waals surface area contributed by atoms with Crippen LogP contribution in [0.1, 0.15) is 63.6 Å². The lowest BCUT2D eigenvalue weighted by Gasteiger charge is -2.27. The number of nitrogens with zero attached hydrogens (tertiary/aromatic N) is 3.